The van der Waals surface area contributed by atoms with Crippen molar-refractivity contribution in [3.8, 4) is 11.3 Å². The van der Waals surface area contributed by atoms with Gasteiger partial charge in [0.1, 0.15) is 11.7 Å². The Balaban J connectivity index is 0.726. The van der Waals surface area contributed by atoms with Gasteiger partial charge in [0.25, 0.3) is 5.91 Å². The van der Waals surface area contributed by atoms with E-state index < -0.39 is 17.8 Å². The van der Waals surface area contributed by atoms with Crippen molar-refractivity contribution in [1.29, 1.82) is 0 Å². The molecule has 2 aliphatic carbocycles. The highest BCUT2D eigenvalue weighted by Crippen LogP contribution is 2.36. The number of unbranched alkanes of at least 4 members (excludes halogenated alkanes) is 3. The maximum Gasteiger partial charge on any atom is 0.315 e. The van der Waals surface area contributed by atoms with Crippen molar-refractivity contribution in [2.75, 3.05) is 18.4 Å². The zero-order valence-electron chi connectivity index (χ0n) is 30.2. The number of piperidine rings is 1. The standard InChI is InChI=1S/C37H49FN10O4S/c1-47-30(16-22-6-7-22)27(19-43-47)32-28(38)20-41-36(46-32)44-25-10-8-24(9-11-25)39-14-4-2-3-5-15-40-37(52)42-18-26-17-23-21-48(35(51)33(23)53-26)29-12-13-31(49)45-34(29)50/h17,19-20,22,24-25,29,39H,2-16,18,21H2,1H3,(H2,40,42,52)(H,41,44,46)(H,45,49,50). The topological polar surface area (TPSA) is 175 Å². The van der Waals surface area contributed by atoms with Crippen LogP contribution in [-0.4, -0.2) is 79.6 Å². The van der Waals surface area contributed by atoms with Crippen LogP contribution in [-0.2, 0) is 36.1 Å². The Morgan fingerprint density at radius 3 is 2.51 bits per heavy atom. The van der Waals surface area contributed by atoms with Crippen molar-refractivity contribution >= 4 is 41.0 Å². The van der Waals surface area contributed by atoms with Crippen molar-refractivity contribution in [3.63, 3.8) is 0 Å². The Labute approximate surface area is 312 Å². The number of rotatable bonds is 16. The zero-order chi connectivity index (χ0) is 36.9. The summed E-state index contributed by atoms with van der Waals surface area (Å²) in [5.41, 5.74) is 2.96. The molecule has 0 aromatic carbocycles. The van der Waals surface area contributed by atoms with Crippen molar-refractivity contribution in [1.82, 2.24) is 45.9 Å². The van der Waals surface area contributed by atoms with Gasteiger partial charge >= 0.3 is 6.03 Å². The minimum atomic E-state index is -0.623. The number of carbonyl (C=O) groups is 4. The highest BCUT2D eigenvalue weighted by Gasteiger charge is 2.40. The van der Waals surface area contributed by atoms with Crippen molar-refractivity contribution in [3.05, 3.63) is 45.3 Å². The largest absolute Gasteiger partial charge is 0.351 e. The molecule has 1 saturated heterocycles. The molecule has 3 fully saturated rings. The van der Waals surface area contributed by atoms with Gasteiger partial charge in [-0.25, -0.2) is 19.2 Å². The lowest BCUT2D eigenvalue weighted by molar-refractivity contribution is -0.136. The van der Waals surface area contributed by atoms with E-state index in [1.807, 2.05) is 17.8 Å². The molecule has 16 heteroatoms. The zero-order valence-corrected chi connectivity index (χ0v) is 31.0. The number of aromatic nitrogens is 4. The number of amides is 5. The molecule has 5 N–H and O–H groups in total. The summed E-state index contributed by atoms with van der Waals surface area (Å²) in [6, 6.07) is 1.79. The summed E-state index contributed by atoms with van der Waals surface area (Å²) in [6.07, 6.45) is 15.1. The molecule has 3 aromatic heterocycles. The van der Waals surface area contributed by atoms with Crippen LogP contribution < -0.4 is 26.6 Å². The average Bonchev–Trinajstić information content (AvgIpc) is 3.66. The molecule has 0 bridgehead atoms. The number of halogens is 1. The van der Waals surface area contributed by atoms with Crippen LogP contribution in [0.4, 0.5) is 15.1 Å². The van der Waals surface area contributed by atoms with Crippen LogP contribution in [0.1, 0.15) is 103 Å². The molecule has 284 valence electrons. The number of urea groups is 1. The summed E-state index contributed by atoms with van der Waals surface area (Å²) in [4.78, 5) is 60.8. The molecule has 0 spiro atoms. The normalized spacial score (nSPS) is 21.4. The maximum atomic E-state index is 14.8. The molecule has 3 aromatic rings. The molecule has 14 nitrogen and oxygen atoms in total. The highest BCUT2D eigenvalue weighted by atomic mass is 32.1. The van der Waals surface area contributed by atoms with Gasteiger partial charge in [-0.05, 0) is 88.3 Å². The lowest BCUT2D eigenvalue weighted by Gasteiger charge is -2.30. The third-order valence-corrected chi connectivity index (χ3v) is 12.0. The van der Waals surface area contributed by atoms with Crippen LogP contribution in [0.15, 0.2) is 18.5 Å². The number of fused-ring (bicyclic) bond motifs is 1. The van der Waals surface area contributed by atoms with Crippen molar-refractivity contribution < 1.29 is 23.6 Å². The van der Waals surface area contributed by atoms with E-state index in [1.165, 1.54) is 35.3 Å². The van der Waals surface area contributed by atoms with Gasteiger partial charge < -0.3 is 26.2 Å². The molecule has 1 atom stereocenters. The predicted molar refractivity (Wildman–Crippen MR) is 197 cm³/mol. The molecule has 2 aliphatic heterocycles. The number of hydrogen-bond acceptors (Lipinski definition) is 10. The molecule has 5 amide bonds. The number of imide groups is 1. The van der Waals surface area contributed by atoms with Crippen molar-refractivity contribution in [2.45, 2.75) is 115 Å². The number of nitrogens with zero attached hydrogens (tertiary/aromatic N) is 5. The van der Waals surface area contributed by atoms with Gasteiger partial charge in [0.15, 0.2) is 5.82 Å². The molecular weight excluding hydrogens is 700 g/mol. The van der Waals surface area contributed by atoms with E-state index in [9.17, 15) is 23.6 Å². The SMILES string of the molecule is Cn1ncc(-c2nc(NC3CCC(NCCCCCCNC(=O)NCc4cc5c(s4)C(=O)N(C4CCC(=O)NC4=O)C5)CC3)ncc2F)c1CC1CC1. The highest BCUT2D eigenvalue weighted by molar-refractivity contribution is 7.14. The number of aryl methyl sites for hydroxylation is 1. The Morgan fingerprint density at radius 1 is 0.981 bits per heavy atom. The van der Waals surface area contributed by atoms with Crippen LogP contribution in [0.3, 0.4) is 0 Å². The smallest absolute Gasteiger partial charge is 0.315 e. The number of thiophene rings is 1. The van der Waals surface area contributed by atoms with Gasteiger partial charge in [0.05, 0.1) is 23.8 Å². The first-order valence-electron chi connectivity index (χ1n) is 19.0. The average molecular weight is 749 g/mol. The lowest BCUT2D eigenvalue weighted by Crippen LogP contribution is -2.52. The minimum absolute atomic E-state index is 0.197. The first-order chi connectivity index (χ1) is 25.7. The molecular formula is C37H49FN10O4S. The van der Waals surface area contributed by atoms with E-state index >= 15 is 0 Å². The van der Waals surface area contributed by atoms with Crippen molar-refractivity contribution in [2.24, 2.45) is 13.0 Å². The summed E-state index contributed by atoms with van der Waals surface area (Å²) in [5, 5.41) is 19.6. The molecule has 4 aliphatic rings. The van der Waals surface area contributed by atoms with E-state index in [-0.39, 0.29) is 30.3 Å². The van der Waals surface area contributed by atoms with Crippen LogP contribution in [0.2, 0.25) is 0 Å². The third kappa shape index (κ3) is 9.21. The minimum Gasteiger partial charge on any atom is -0.351 e. The fourth-order valence-corrected chi connectivity index (χ4v) is 8.65. The van der Waals surface area contributed by atoms with E-state index in [4.69, 9.17) is 0 Å². The van der Waals surface area contributed by atoms with Crippen LogP contribution >= 0.6 is 11.3 Å². The first kappa shape index (κ1) is 36.9. The van der Waals surface area contributed by atoms with Gasteiger partial charge in [-0.1, -0.05) is 12.8 Å². The molecule has 2 saturated carbocycles. The second-order valence-corrected chi connectivity index (χ2v) is 15.9. The van der Waals surface area contributed by atoms with E-state index in [0.717, 1.165) is 86.0 Å². The van der Waals surface area contributed by atoms with E-state index in [0.29, 0.717) is 54.5 Å². The Bertz CT molecular complexity index is 1820. The maximum absolute atomic E-state index is 14.8. The van der Waals surface area contributed by atoms with E-state index in [2.05, 4.69) is 41.7 Å². The lowest BCUT2D eigenvalue weighted by atomic mass is 9.91. The molecule has 53 heavy (non-hydrogen) atoms. The number of hydrogen-bond donors (Lipinski definition) is 5. The predicted octanol–water partition coefficient (Wildman–Crippen LogP) is 4.16. The fourth-order valence-electron chi connectivity index (χ4n) is 7.58. The van der Waals surface area contributed by atoms with Gasteiger partial charge in [0.2, 0.25) is 17.8 Å². The Kier molecular flexibility index (Phi) is 11.6. The Hall–Kier alpha value is -4.44. The molecule has 7 rings (SSSR count). The third-order valence-electron chi connectivity index (χ3n) is 10.8. The summed E-state index contributed by atoms with van der Waals surface area (Å²) in [7, 11) is 1.91. The first-order valence-corrected chi connectivity index (χ1v) is 19.8. The quantitative estimate of drug-likeness (QED) is 0.106. The summed E-state index contributed by atoms with van der Waals surface area (Å²) < 4.78 is 16.7. The summed E-state index contributed by atoms with van der Waals surface area (Å²) >= 11 is 1.33. The van der Waals surface area contributed by atoms with Crippen LogP contribution in [0.5, 0.6) is 0 Å². The second-order valence-electron chi connectivity index (χ2n) is 14.8. The number of carbonyl (C=O) groups excluding carboxylic acids is 4. The Morgan fingerprint density at radius 2 is 1.75 bits per heavy atom. The summed E-state index contributed by atoms with van der Waals surface area (Å²) in [5.74, 6) is -0.216. The summed E-state index contributed by atoms with van der Waals surface area (Å²) in [6.45, 7) is 2.22. The van der Waals surface area contributed by atoms with Gasteiger partial charge in [-0.2, -0.15) is 5.10 Å². The van der Waals surface area contributed by atoms with Gasteiger partial charge in [0, 0.05) is 54.8 Å². The molecule has 5 heterocycles. The monoisotopic (exact) mass is 748 g/mol. The van der Waals surface area contributed by atoms with Crippen LogP contribution in [0.25, 0.3) is 11.3 Å². The number of anilines is 1. The van der Waals surface area contributed by atoms with Crippen LogP contribution in [0, 0.1) is 11.7 Å². The number of nitrogens with one attached hydrogen (secondary N) is 5. The second kappa shape index (κ2) is 16.7. The van der Waals surface area contributed by atoms with Gasteiger partial charge in [-0.15, -0.1) is 11.3 Å². The van der Waals surface area contributed by atoms with E-state index in [1.54, 1.807) is 6.20 Å². The van der Waals surface area contributed by atoms with Gasteiger partial charge in [-0.3, -0.25) is 24.4 Å². The molecule has 0 radical (unpaired) electrons. The molecule has 1 unspecified atom stereocenters. The fraction of sp³-hybridized carbons (Fsp3) is 0.595.